The van der Waals surface area contributed by atoms with Gasteiger partial charge in [0.1, 0.15) is 5.75 Å². The van der Waals surface area contributed by atoms with E-state index in [0.29, 0.717) is 23.8 Å². The number of hydrogen-bond donors (Lipinski definition) is 1. The first-order valence-electron chi connectivity index (χ1n) is 6.40. The molecule has 1 fully saturated rings. The molecule has 0 aromatic heterocycles. The second kappa shape index (κ2) is 6.91. The van der Waals surface area contributed by atoms with Crippen LogP contribution in [0.2, 0.25) is 0 Å². The van der Waals surface area contributed by atoms with Gasteiger partial charge < -0.3 is 14.8 Å². The smallest absolute Gasteiger partial charge is 0.255 e. The summed E-state index contributed by atoms with van der Waals surface area (Å²) < 4.78 is 11.4. The molecule has 2 rings (SSSR count). The average Bonchev–Trinajstić information content (AvgIpc) is 2.91. The second-order valence-electron chi connectivity index (χ2n) is 4.62. The fourth-order valence-electron chi connectivity index (χ4n) is 2.15. The van der Waals surface area contributed by atoms with E-state index >= 15 is 0 Å². The van der Waals surface area contributed by atoms with Crippen LogP contribution in [0.4, 0.5) is 0 Å². The normalized spacial score (nSPS) is 18.3. The van der Waals surface area contributed by atoms with Crippen molar-refractivity contribution in [3.63, 3.8) is 0 Å². The van der Waals surface area contributed by atoms with Crippen LogP contribution in [0.25, 0.3) is 0 Å². The summed E-state index contributed by atoms with van der Waals surface area (Å²) in [5.41, 5.74) is 0.555. The lowest BCUT2D eigenvalue weighted by atomic mass is 10.1. The number of ether oxygens (including phenoxy) is 2. The lowest BCUT2D eigenvalue weighted by molar-refractivity contribution is 0.0947. The van der Waals surface area contributed by atoms with Crippen molar-refractivity contribution in [2.45, 2.75) is 12.8 Å². The summed E-state index contributed by atoms with van der Waals surface area (Å²) in [5.74, 6) is 1.06. The van der Waals surface area contributed by atoms with Gasteiger partial charge in [-0.05, 0) is 37.0 Å². The minimum absolute atomic E-state index is 0.0999. The zero-order chi connectivity index (χ0) is 13.7. The Bertz CT molecular complexity index is 444. The van der Waals surface area contributed by atoms with E-state index in [-0.39, 0.29) is 5.91 Å². The highest BCUT2D eigenvalue weighted by Crippen LogP contribution is 2.23. The molecule has 1 N–H and O–H groups in total. The molecule has 0 saturated carbocycles. The van der Waals surface area contributed by atoms with E-state index in [4.69, 9.17) is 9.47 Å². The molecule has 1 saturated heterocycles. The maximum atomic E-state index is 12.1. The van der Waals surface area contributed by atoms with E-state index in [9.17, 15) is 4.79 Å². The molecule has 0 radical (unpaired) electrons. The first-order chi connectivity index (χ1) is 9.20. The van der Waals surface area contributed by atoms with Crippen molar-refractivity contribution in [1.29, 1.82) is 0 Å². The number of amides is 1. The fraction of sp³-hybridized carbons (Fsp3) is 0.500. The molecule has 4 nitrogen and oxygen atoms in total. The summed E-state index contributed by atoms with van der Waals surface area (Å²) in [4.78, 5) is 12.1. The van der Waals surface area contributed by atoms with E-state index in [1.54, 1.807) is 19.2 Å². The maximum absolute atomic E-state index is 12.1. The van der Waals surface area contributed by atoms with Gasteiger partial charge in [0.25, 0.3) is 5.91 Å². The van der Waals surface area contributed by atoms with E-state index in [1.165, 1.54) is 0 Å². The molecule has 1 aromatic carbocycles. The Labute approximate surface area is 121 Å². The summed E-state index contributed by atoms with van der Waals surface area (Å²) >= 11 is 3.36. The summed E-state index contributed by atoms with van der Waals surface area (Å²) in [6, 6.07) is 5.40. The molecular weight excluding hydrogens is 310 g/mol. The van der Waals surface area contributed by atoms with Crippen LogP contribution in [0.15, 0.2) is 22.7 Å². The van der Waals surface area contributed by atoms with Crippen molar-refractivity contribution < 1.29 is 14.3 Å². The van der Waals surface area contributed by atoms with Crippen molar-refractivity contribution >= 4 is 21.8 Å². The minimum Gasteiger partial charge on any atom is -0.496 e. The van der Waals surface area contributed by atoms with Gasteiger partial charge in [-0.3, -0.25) is 4.79 Å². The summed E-state index contributed by atoms with van der Waals surface area (Å²) in [6.07, 6.45) is 2.05. The Kier molecular flexibility index (Phi) is 5.22. The Balaban J connectivity index is 1.89. The molecular formula is C14H18BrNO3. The number of benzene rings is 1. The number of halogens is 1. The molecule has 1 heterocycles. The molecule has 5 heteroatoms. The number of carbonyl (C=O) groups is 1. The largest absolute Gasteiger partial charge is 0.496 e. The van der Waals surface area contributed by atoms with Gasteiger partial charge in [0, 0.05) is 24.2 Å². The van der Waals surface area contributed by atoms with E-state index in [1.807, 2.05) is 6.07 Å². The van der Waals surface area contributed by atoms with Crippen LogP contribution in [0.1, 0.15) is 23.2 Å². The molecule has 1 atom stereocenters. The molecule has 1 aliphatic heterocycles. The van der Waals surface area contributed by atoms with E-state index in [2.05, 4.69) is 21.2 Å². The zero-order valence-electron chi connectivity index (χ0n) is 10.9. The highest BCUT2D eigenvalue weighted by atomic mass is 79.9. The Morgan fingerprint density at radius 3 is 3.11 bits per heavy atom. The molecule has 1 unspecified atom stereocenters. The first kappa shape index (κ1) is 14.3. The van der Waals surface area contributed by atoms with Gasteiger partial charge in [0.15, 0.2) is 0 Å². The number of carbonyl (C=O) groups excluding carboxylic acids is 1. The van der Waals surface area contributed by atoms with Crippen LogP contribution >= 0.6 is 15.9 Å². The Morgan fingerprint density at radius 2 is 2.42 bits per heavy atom. The number of nitrogens with one attached hydrogen (secondary N) is 1. The SMILES string of the molecule is COc1ccc(Br)cc1C(=O)NCCC1CCOC1. The second-order valence-corrected chi connectivity index (χ2v) is 5.53. The molecule has 0 aliphatic carbocycles. The first-order valence-corrected chi connectivity index (χ1v) is 7.19. The summed E-state index contributed by atoms with van der Waals surface area (Å²) in [5, 5.41) is 2.93. The van der Waals surface area contributed by atoms with Gasteiger partial charge in [-0.2, -0.15) is 0 Å². The molecule has 1 amide bonds. The highest BCUT2D eigenvalue weighted by molar-refractivity contribution is 9.10. The number of hydrogen-bond acceptors (Lipinski definition) is 3. The third kappa shape index (κ3) is 3.94. The van der Waals surface area contributed by atoms with Crippen LogP contribution in [-0.2, 0) is 4.74 Å². The van der Waals surface area contributed by atoms with Gasteiger partial charge in [0.2, 0.25) is 0 Å². The van der Waals surface area contributed by atoms with Gasteiger partial charge in [-0.1, -0.05) is 15.9 Å². The van der Waals surface area contributed by atoms with E-state index in [0.717, 1.165) is 30.5 Å². The number of rotatable bonds is 5. The molecule has 1 aliphatic rings. The van der Waals surface area contributed by atoms with Crippen molar-refractivity contribution in [3.05, 3.63) is 28.2 Å². The van der Waals surface area contributed by atoms with Crippen LogP contribution in [0.3, 0.4) is 0 Å². The standard InChI is InChI=1S/C14H18BrNO3/c1-18-13-3-2-11(15)8-12(13)14(17)16-6-4-10-5-7-19-9-10/h2-3,8,10H,4-7,9H2,1H3,(H,16,17). The highest BCUT2D eigenvalue weighted by Gasteiger charge is 2.16. The van der Waals surface area contributed by atoms with Gasteiger partial charge in [-0.15, -0.1) is 0 Å². The van der Waals surface area contributed by atoms with Gasteiger partial charge in [-0.25, -0.2) is 0 Å². The predicted octanol–water partition coefficient (Wildman–Crippen LogP) is 2.61. The quantitative estimate of drug-likeness (QED) is 0.904. The molecule has 104 valence electrons. The maximum Gasteiger partial charge on any atom is 0.255 e. The topological polar surface area (TPSA) is 47.6 Å². The Hall–Kier alpha value is -1.07. The monoisotopic (exact) mass is 327 g/mol. The van der Waals surface area contributed by atoms with Gasteiger partial charge >= 0.3 is 0 Å². The average molecular weight is 328 g/mol. The lowest BCUT2D eigenvalue weighted by Crippen LogP contribution is -2.26. The molecule has 19 heavy (non-hydrogen) atoms. The Morgan fingerprint density at radius 1 is 1.58 bits per heavy atom. The van der Waals surface area contributed by atoms with Crippen LogP contribution in [0, 0.1) is 5.92 Å². The van der Waals surface area contributed by atoms with Crippen molar-refractivity contribution in [3.8, 4) is 5.75 Å². The van der Waals surface area contributed by atoms with Gasteiger partial charge in [0.05, 0.1) is 12.7 Å². The van der Waals surface area contributed by atoms with Crippen LogP contribution in [-0.4, -0.2) is 32.8 Å². The van der Waals surface area contributed by atoms with E-state index < -0.39 is 0 Å². The molecule has 0 bridgehead atoms. The summed E-state index contributed by atoms with van der Waals surface area (Å²) in [6.45, 7) is 2.33. The minimum atomic E-state index is -0.0999. The van der Waals surface area contributed by atoms with Crippen molar-refractivity contribution in [1.82, 2.24) is 5.32 Å². The van der Waals surface area contributed by atoms with Crippen molar-refractivity contribution in [2.75, 3.05) is 26.9 Å². The summed E-state index contributed by atoms with van der Waals surface area (Å²) in [7, 11) is 1.57. The van der Waals surface area contributed by atoms with Crippen LogP contribution in [0.5, 0.6) is 5.75 Å². The molecule has 1 aromatic rings. The van der Waals surface area contributed by atoms with Crippen molar-refractivity contribution in [2.24, 2.45) is 5.92 Å². The fourth-order valence-corrected chi connectivity index (χ4v) is 2.51. The third-order valence-electron chi connectivity index (χ3n) is 3.27. The zero-order valence-corrected chi connectivity index (χ0v) is 12.5. The lowest BCUT2D eigenvalue weighted by Gasteiger charge is -2.11. The molecule has 0 spiro atoms. The van der Waals surface area contributed by atoms with Crippen LogP contribution < -0.4 is 10.1 Å². The predicted molar refractivity (Wildman–Crippen MR) is 76.6 cm³/mol. The number of methoxy groups -OCH3 is 1. The third-order valence-corrected chi connectivity index (χ3v) is 3.76.